The maximum atomic E-state index is 9.62. The summed E-state index contributed by atoms with van der Waals surface area (Å²) in [6, 6.07) is 11.3. The maximum Gasteiger partial charge on any atom is 0.128 e. The Labute approximate surface area is 140 Å². The molecule has 0 saturated heterocycles. The van der Waals surface area contributed by atoms with Crippen molar-refractivity contribution in [2.75, 3.05) is 0 Å². The zero-order valence-corrected chi connectivity index (χ0v) is 14.9. The minimum Gasteiger partial charge on any atom is -0.507 e. The predicted octanol–water partition coefficient (Wildman–Crippen LogP) is 4.63. The molecule has 0 aliphatic carbocycles. The lowest BCUT2D eigenvalue weighted by molar-refractivity contribution is 0.470. The van der Waals surface area contributed by atoms with E-state index in [1.165, 1.54) is 0 Å². The summed E-state index contributed by atoms with van der Waals surface area (Å²) >= 11 is 4.26. The number of aromatic hydroxyl groups is 2. The second-order valence-corrected chi connectivity index (χ2v) is 7.28. The molecular weight excluding hydrogens is 462 g/mol. The zero-order chi connectivity index (χ0) is 14.2. The molecule has 0 heterocycles. The van der Waals surface area contributed by atoms with Crippen LogP contribution >= 0.6 is 45.2 Å². The van der Waals surface area contributed by atoms with Gasteiger partial charge in [0.2, 0.25) is 0 Å². The molecule has 0 unspecified atom stereocenters. The largest absolute Gasteiger partial charge is 0.507 e. The van der Waals surface area contributed by atoms with Gasteiger partial charge in [-0.3, -0.25) is 0 Å². The number of benzene rings is 2. The minimum atomic E-state index is -0.179. The smallest absolute Gasteiger partial charge is 0.128 e. The second kappa shape index (κ2) is 5.47. The van der Waals surface area contributed by atoms with E-state index in [0.717, 1.165) is 18.3 Å². The van der Waals surface area contributed by atoms with E-state index in [9.17, 15) is 10.2 Å². The summed E-state index contributed by atoms with van der Waals surface area (Å²) < 4.78 is 1.69. The average molecular weight is 476 g/mol. The van der Waals surface area contributed by atoms with Crippen LogP contribution < -0.4 is 0 Å². The van der Waals surface area contributed by atoms with Gasteiger partial charge in [0, 0.05) is 5.41 Å². The van der Waals surface area contributed by atoms with Crippen molar-refractivity contribution in [3.63, 3.8) is 0 Å². The number of phenols is 2. The maximum absolute atomic E-state index is 9.62. The normalized spacial score (nSPS) is 11.6. The van der Waals surface area contributed by atoms with Crippen molar-refractivity contribution in [1.29, 1.82) is 0 Å². The summed E-state index contributed by atoms with van der Waals surface area (Å²) in [6.45, 7) is 4.27. The van der Waals surface area contributed by atoms with Crippen LogP contribution in [0.1, 0.15) is 25.0 Å². The lowest BCUT2D eigenvalue weighted by atomic mass is 9.78. The molecule has 0 spiro atoms. The molecule has 19 heavy (non-hydrogen) atoms. The molecule has 4 heteroatoms. The summed E-state index contributed by atoms with van der Waals surface area (Å²) in [6.07, 6.45) is 0. The topological polar surface area (TPSA) is 40.5 Å². The highest BCUT2D eigenvalue weighted by Gasteiger charge is 2.24. The molecule has 0 radical (unpaired) electrons. The number of phenolic OH excluding ortho intramolecular Hbond substituents is 2. The number of hydrogen-bond donors (Lipinski definition) is 2. The Balaban J connectivity index is 2.51. The highest BCUT2D eigenvalue weighted by atomic mass is 125. The second-order valence-electron chi connectivity index (χ2n) is 4.96. The highest BCUT2D eigenvalue weighted by Crippen LogP contribution is 2.36. The number of hydrogen-bond acceptors (Lipinski definition) is 2. The van der Waals surface area contributed by atoms with Gasteiger partial charge in [-0.15, -0.1) is 0 Å². The molecule has 2 rings (SSSR count). The van der Waals surface area contributed by atoms with E-state index >= 15 is 0 Å². The lowest BCUT2D eigenvalue weighted by Crippen LogP contribution is -2.19. The minimum absolute atomic E-state index is 0.179. The molecule has 0 aliphatic rings. The molecule has 0 amide bonds. The van der Waals surface area contributed by atoms with Gasteiger partial charge < -0.3 is 10.2 Å². The third-order valence-corrected chi connectivity index (χ3v) is 5.07. The van der Waals surface area contributed by atoms with Crippen LogP contribution in [0.4, 0.5) is 0 Å². The monoisotopic (exact) mass is 476 g/mol. The van der Waals surface area contributed by atoms with Gasteiger partial charge in [0.15, 0.2) is 0 Å². The Morgan fingerprint density at radius 1 is 0.789 bits per heavy atom. The predicted molar refractivity (Wildman–Crippen MR) is 93.8 cm³/mol. The fourth-order valence-electron chi connectivity index (χ4n) is 1.96. The van der Waals surface area contributed by atoms with E-state index in [1.807, 2.05) is 24.3 Å². The van der Waals surface area contributed by atoms with E-state index in [0.29, 0.717) is 11.5 Å². The average Bonchev–Trinajstić information content (AvgIpc) is 2.35. The Morgan fingerprint density at radius 2 is 1.16 bits per heavy atom. The van der Waals surface area contributed by atoms with Gasteiger partial charge in [-0.25, -0.2) is 0 Å². The van der Waals surface area contributed by atoms with Crippen LogP contribution in [-0.4, -0.2) is 10.2 Å². The van der Waals surface area contributed by atoms with Crippen molar-refractivity contribution in [3.05, 3.63) is 54.7 Å². The Morgan fingerprint density at radius 3 is 1.47 bits per heavy atom. The molecule has 0 aliphatic heterocycles. The van der Waals surface area contributed by atoms with Gasteiger partial charge in [0.25, 0.3) is 0 Å². The fraction of sp³-hybridized carbons (Fsp3) is 0.200. The molecule has 0 saturated carbocycles. The van der Waals surface area contributed by atoms with Crippen LogP contribution in [0.25, 0.3) is 0 Å². The third kappa shape index (κ3) is 2.99. The van der Waals surface area contributed by atoms with Crippen LogP contribution in [0.15, 0.2) is 36.4 Å². The third-order valence-electron chi connectivity index (χ3n) is 3.34. The number of halogens is 2. The molecule has 0 atom stereocenters. The van der Waals surface area contributed by atoms with Crippen molar-refractivity contribution in [1.82, 2.24) is 0 Å². The van der Waals surface area contributed by atoms with Crippen LogP contribution in [0.2, 0.25) is 0 Å². The molecule has 0 fully saturated rings. The van der Waals surface area contributed by atoms with E-state index in [2.05, 4.69) is 59.0 Å². The van der Waals surface area contributed by atoms with E-state index in [-0.39, 0.29) is 5.41 Å². The molecule has 2 nitrogen and oxygen atoms in total. The first-order valence-electron chi connectivity index (χ1n) is 5.80. The molecule has 2 aromatic carbocycles. The molecule has 2 aromatic rings. The molecular formula is C15H14I2O2. The first kappa shape index (κ1) is 14.9. The van der Waals surface area contributed by atoms with Crippen molar-refractivity contribution in [3.8, 4) is 11.5 Å². The number of rotatable bonds is 2. The standard InChI is InChI=1S/C15H14I2O2/c1-15(2,9-3-5-13(18)11(16)7-9)10-4-6-14(19)12(17)8-10/h3-8,18-19H,1-2H3/i16-2,17-2. The van der Waals surface area contributed by atoms with Crippen molar-refractivity contribution in [2.45, 2.75) is 19.3 Å². The van der Waals surface area contributed by atoms with Gasteiger partial charge >= 0.3 is 0 Å². The van der Waals surface area contributed by atoms with Crippen LogP contribution in [0.3, 0.4) is 0 Å². The molecule has 0 aromatic heterocycles. The Bertz CT molecular complexity index is 568. The lowest BCUT2D eigenvalue weighted by Gasteiger charge is -2.27. The van der Waals surface area contributed by atoms with Crippen molar-refractivity contribution >= 4 is 45.2 Å². The summed E-state index contributed by atoms with van der Waals surface area (Å²) in [5.41, 5.74) is 2.09. The first-order valence-corrected chi connectivity index (χ1v) is 7.96. The van der Waals surface area contributed by atoms with Gasteiger partial charge in [0.1, 0.15) is 11.5 Å². The first-order chi connectivity index (χ1) is 8.82. The van der Waals surface area contributed by atoms with E-state index < -0.39 is 0 Å². The van der Waals surface area contributed by atoms with Gasteiger partial charge in [-0.1, -0.05) is 26.0 Å². The van der Waals surface area contributed by atoms with Crippen LogP contribution in [0.5, 0.6) is 11.5 Å². The fourth-order valence-corrected chi connectivity index (χ4v) is 2.99. The Kier molecular flexibility index (Phi) is 4.29. The zero-order valence-electron chi connectivity index (χ0n) is 10.6. The van der Waals surface area contributed by atoms with Crippen molar-refractivity contribution in [2.24, 2.45) is 0 Å². The summed E-state index contributed by atoms with van der Waals surface area (Å²) in [5, 5.41) is 19.2. The SMILES string of the molecule is CC(C)(c1ccc(O)c([125I])c1)c1ccc(O)c([125I])c1. The van der Waals surface area contributed by atoms with E-state index in [1.54, 1.807) is 12.1 Å². The Hall–Kier alpha value is -0.500. The van der Waals surface area contributed by atoms with Gasteiger partial charge in [-0.2, -0.15) is 0 Å². The van der Waals surface area contributed by atoms with Gasteiger partial charge in [0.05, 0.1) is 7.14 Å². The van der Waals surface area contributed by atoms with Crippen molar-refractivity contribution < 1.29 is 10.2 Å². The summed E-state index contributed by atoms with van der Waals surface area (Å²) in [4.78, 5) is 0. The van der Waals surface area contributed by atoms with Crippen LogP contribution in [0, 0.1) is 7.14 Å². The molecule has 2 N–H and O–H groups in total. The van der Waals surface area contributed by atoms with Gasteiger partial charge in [-0.05, 0) is 80.6 Å². The quantitative estimate of drug-likeness (QED) is 0.621. The van der Waals surface area contributed by atoms with E-state index in [4.69, 9.17) is 0 Å². The molecule has 0 bridgehead atoms. The van der Waals surface area contributed by atoms with Crippen LogP contribution in [-0.2, 0) is 5.41 Å². The highest BCUT2D eigenvalue weighted by molar-refractivity contribution is 14.1. The molecule has 100 valence electrons. The summed E-state index contributed by atoms with van der Waals surface area (Å²) in [7, 11) is 0. The summed E-state index contributed by atoms with van der Waals surface area (Å²) in [5.74, 6) is 0.612.